The van der Waals surface area contributed by atoms with E-state index in [1.54, 1.807) is 36.1 Å². The van der Waals surface area contributed by atoms with Crippen LogP contribution in [0.2, 0.25) is 0 Å². The molecule has 0 saturated carbocycles. The first-order valence-corrected chi connectivity index (χ1v) is 8.60. The van der Waals surface area contributed by atoms with Crippen LogP contribution in [0.3, 0.4) is 0 Å². The van der Waals surface area contributed by atoms with Gasteiger partial charge in [-0.2, -0.15) is 0 Å². The summed E-state index contributed by atoms with van der Waals surface area (Å²) in [6.07, 6.45) is 3.45. The maximum absolute atomic E-state index is 13.4. The van der Waals surface area contributed by atoms with E-state index in [0.717, 1.165) is 22.0 Å². The predicted molar refractivity (Wildman–Crippen MR) is 103 cm³/mol. The highest BCUT2D eigenvalue weighted by Crippen LogP contribution is 2.53. The average Bonchev–Trinajstić information content (AvgIpc) is 3.39. The van der Waals surface area contributed by atoms with Crippen molar-refractivity contribution in [3.8, 4) is 5.75 Å². The van der Waals surface area contributed by atoms with Crippen molar-refractivity contribution in [2.75, 3.05) is 14.2 Å². The van der Waals surface area contributed by atoms with Crippen molar-refractivity contribution in [1.82, 2.24) is 4.57 Å². The molecule has 0 amide bonds. The molecular weight excluding hydrogens is 342 g/mol. The van der Waals surface area contributed by atoms with E-state index >= 15 is 0 Å². The largest absolute Gasteiger partial charge is 0.497 e. The molecule has 1 heterocycles. The first kappa shape index (κ1) is 17.1. The molecule has 1 aromatic heterocycles. The van der Waals surface area contributed by atoms with Gasteiger partial charge >= 0.3 is 5.97 Å². The number of hydrogen-bond acceptors (Lipinski definition) is 4. The molecular formula is C22H19NO4. The van der Waals surface area contributed by atoms with Crippen LogP contribution in [0.1, 0.15) is 15.9 Å². The second-order valence-corrected chi connectivity index (χ2v) is 6.59. The Balaban J connectivity index is 1.77. The molecule has 4 rings (SSSR count). The molecule has 1 aliphatic carbocycles. The van der Waals surface area contributed by atoms with Crippen LogP contribution < -0.4 is 4.74 Å². The molecule has 0 saturated heterocycles. The maximum Gasteiger partial charge on any atom is 0.329 e. The molecule has 5 heteroatoms. The van der Waals surface area contributed by atoms with Gasteiger partial charge in [0.15, 0.2) is 5.41 Å². The van der Waals surface area contributed by atoms with Crippen LogP contribution in [0.25, 0.3) is 16.5 Å². The zero-order chi connectivity index (χ0) is 19.2. The van der Waals surface area contributed by atoms with Crippen molar-refractivity contribution >= 4 is 28.4 Å². The number of ether oxygens (including phenoxy) is 2. The van der Waals surface area contributed by atoms with Crippen molar-refractivity contribution in [1.29, 1.82) is 0 Å². The molecule has 3 aromatic rings. The number of rotatable bonds is 4. The third kappa shape index (κ3) is 2.46. The van der Waals surface area contributed by atoms with Crippen LogP contribution >= 0.6 is 0 Å². The number of aromatic nitrogens is 1. The molecule has 0 radical (unpaired) electrons. The second-order valence-electron chi connectivity index (χ2n) is 6.59. The number of carbonyl (C=O) groups excluding carboxylic acids is 2. The molecule has 1 atom stereocenters. The summed E-state index contributed by atoms with van der Waals surface area (Å²) in [6, 6.07) is 14.9. The Kier molecular flexibility index (Phi) is 3.88. The number of carbonyl (C=O) groups is 2. The van der Waals surface area contributed by atoms with Crippen LogP contribution in [0.15, 0.2) is 60.8 Å². The molecule has 0 spiro atoms. The van der Waals surface area contributed by atoms with E-state index in [2.05, 4.69) is 0 Å². The van der Waals surface area contributed by atoms with E-state index in [1.807, 2.05) is 43.3 Å². The monoisotopic (exact) mass is 361 g/mol. The summed E-state index contributed by atoms with van der Waals surface area (Å²) in [6.45, 7) is 1.95. The number of esters is 1. The molecule has 1 unspecified atom stereocenters. The first-order valence-electron chi connectivity index (χ1n) is 8.60. The predicted octanol–water partition coefficient (Wildman–Crippen LogP) is 3.86. The van der Waals surface area contributed by atoms with E-state index in [1.165, 1.54) is 7.11 Å². The summed E-state index contributed by atoms with van der Waals surface area (Å²) < 4.78 is 11.7. The lowest BCUT2D eigenvalue weighted by Crippen LogP contribution is -2.34. The highest BCUT2D eigenvalue weighted by Gasteiger charge is 2.59. The molecule has 0 aliphatic heterocycles. The molecule has 1 aliphatic rings. The summed E-state index contributed by atoms with van der Waals surface area (Å²) in [4.78, 5) is 26.1. The van der Waals surface area contributed by atoms with Gasteiger partial charge in [-0.1, -0.05) is 30.3 Å². The van der Waals surface area contributed by atoms with Gasteiger partial charge in [0.05, 0.1) is 19.7 Å². The quantitative estimate of drug-likeness (QED) is 0.523. The number of para-hydroxylation sites is 1. The third-order valence-corrected chi connectivity index (χ3v) is 5.08. The molecule has 27 heavy (non-hydrogen) atoms. The summed E-state index contributed by atoms with van der Waals surface area (Å²) >= 11 is 0. The zero-order valence-corrected chi connectivity index (χ0v) is 15.4. The van der Waals surface area contributed by atoms with Crippen LogP contribution in [0, 0.1) is 12.3 Å². The van der Waals surface area contributed by atoms with Gasteiger partial charge in [-0.05, 0) is 47.9 Å². The first-order chi connectivity index (χ1) is 13.0. The fraction of sp³-hybridized carbons (Fsp3) is 0.182. The minimum atomic E-state index is -1.39. The molecule has 0 N–H and O–H groups in total. The van der Waals surface area contributed by atoms with Crippen LogP contribution in [-0.4, -0.2) is 30.7 Å². The van der Waals surface area contributed by atoms with Crippen molar-refractivity contribution in [3.63, 3.8) is 0 Å². The topological polar surface area (TPSA) is 57.5 Å². The Morgan fingerprint density at radius 1 is 1.00 bits per heavy atom. The maximum atomic E-state index is 13.4. The van der Waals surface area contributed by atoms with Gasteiger partial charge in [0.25, 0.3) is 5.91 Å². The highest BCUT2D eigenvalue weighted by molar-refractivity contribution is 6.25. The fourth-order valence-corrected chi connectivity index (χ4v) is 3.56. The Labute approximate surface area is 156 Å². The number of fused-ring (bicyclic) bond motifs is 1. The van der Waals surface area contributed by atoms with Gasteiger partial charge in [0.1, 0.15) is 5.75 Å². The summed E-state index contributed by atoms with van der Waals surface area (Å²) in [7, 11) is 2.89. The van der Waals surface area contributed by atoms with Crippen LogP contribution in [-0.2, 0) is 9.53 Å². The van der Waals surface area contributed by atoms with Gasteiger partial charge in [-0.25, -0.2) is 0 Å². The lowest BCUT2D eigenvalue weighted by Gasteiger charge is -2.16. The van der Waals surface area contributed by atoms with Gasteiger partial charge in [0.2, 0.25) is 0 Å². The smallest absolute Gasteiger partial charge is 0.329 e. The third-order valence-electron chi connectivity index (χ3n) is 5.08. The van der Waals surface area contributed by atoms with Crippen LogP contribution in [0.4, 0.5) is 0 Å². The molecule has 5 nitrogen and oxygen atoms in total. The standard InChI is InChI=1S/C22H19NO4/c1-14-13-23(19-7-5-4-6-17(14)19)20(24)22(21(25)27-3)12-18(22)15-8-10-16(26-2)11-9-15/h4-13H,1-3H3. The normalized spacial score (nSPS) is 18.1. The number of aryl methyl sites for hydroxylation is 1. The van der Waals surface area contributed by atoms with Crippen molar-refractivity contribution in [2.45, 2.75) is 6.92 Å². The number of hydrogen-bond donors (Lipinski definition) is 0. The fourth-order valence-electron chi connectivity index (χ4n) is 3.56. The van der Waals surface area contributed by atoms with E-state index in [4.69, 9.17) is 9.47 Å². The van der Waals surface area contributed by atoms with E-state index < -0.39 is 11.4 Å². The number of benzene rings is 2. The lowest BCUT2D eigenvalue weighted by molar-refractivity contribution is -0.143. The SMILES string of the molecule is COC(=O)C1(C(=O)n2cc(C)c3ccccc32)C=C1c1ccc(OC)cc1. The Morgan fingerprint density at radius 2 is 1.70 bits per heavy atom. The molecule has 0 fully saturated rings. The van der Waals surface area contributed by atoms with Crippen molar-refractivity contribution in [2.24, 2.45) is 5.41 Å². The zero-order valence-electron chi connectivity index (χ0n) is 15.4. The highest BCUT2D eigenvalue weighted by atomic mass is 16.5. The molecule has 136 valence electrons. The van der Waals surface area contributed by atoms with E-state index in [9.17, 15) is 9.59 Å². The van der Waals surface area contributed by atoms with Crippen molar-refractivity contribution < 1.29 is 19.1 Å². The minimum absolute atomic E-state index is 0.329. The van der Waals surface area contributed by atoms with Crippen LogP contribution in [0.5, 0.6) is 5.75 Å². The second kappa shape index (κ2) is 6.13. The van der Waals surface area contributed by atoms with E-state index in [0.29, 0.717) is 11.3 Å². The van der Waals surface area contributed by atoms with Gasteiger partial charge < -0.3 is 9.47 Å². The lowest BCUT2D eigenvalue weighted by atomic mass is 9.95. The molecule has 2 aromatic carbocycles. The van der Waals surface area contributed by atoms with Crippen molar-refractivity contribution in [3.05, 3.63) is 71.9 Å². The van der Waals surface area contributed by atoms with Gasteiger partial charge in [-0.3, -0.25) is 14.2 Å². The summed E-state index contributed by atoms with van der Waals surface area (Å²) in [5.41, 5.74) is 1.81. The van der Waals surface area contributed by atoms with Gasteiger partial charge in [-0.15, -0.1) is 0 Å². The van der Waals surface area contributed by atoms with E-state index in [-0.39, 0.29) is 5.91 Å². The minimum Gasteiger partial charge on any atom is -0.497 e. The Hall–Kier alpha value is -3.34. The Morgan fingerprint density at radius 3 is 2.37 bits per heavy atom. The summed E-state index contributed by atoms with van der Waals surface area (Å²) in [5.74, 6) is -0.194. The Bertz CT molecular complexity index is 1090. The molecule has 0 bridgehead atoms. The number of nitrogens with zero attached hydrogens (tertiary/aromatic N) is 1. The summed E-state index contributed by atoms with van der Waals surface area (Å²) in [5, 5.41) is 0.984. The number of methoxy groups -OCH3 is 2. The average molecular weight is 361 g/mol. The van der Waals surface area contributed by atoms with Gasteiger partial charge in [0, 0.05) is 11.6 Å².